The van der Waals surface area contributed by atoms with Gasteiger partial charge in [-0.3, -0.25) is 0 Å². The summed E-state index contributed by atoms with van der Waals surface area (Å²) in [4.78, 5) is 0. The molecule has 1 N–H and O–H groups in total. The Balaban J connectivity index is 2.94. The van der Waals surface area contributed by atoms with Gasteiger partial charge in [0, 0.05) is 17.5 Å². The van der Waals surface area contributed by atoms with Crippen molar-refractivity contribution < 1.29 is 4.39 Å². The molecule has 1 aromatic carbocycles. The van der Waals surface area contributed by atoms with Crippen molar-refractivity contribution in [2.45, 2.75) is 19.4 Å². The third-order valence-corrected chi connectivity index (χ3v) is 2.50. The summed E-state index contributed by atoms with van der Waals surface area (Å²) < 4.78 is 12.8. The predicted molar refractivity (Wildman–Crippen MR) is 61.3 cm³/mol. The fourth-order valence-corrected chi connectivity index (χ4v) is 1.65. The number of hydrogen-bond donors (Lipinski definition) is 1. The van der Waals surface area contributed by atoms with Crippen molar-refractivity contribution in [3.8, 4) is 11.8 Å². The van der Waals surface area contributed by atoms with E-state index in [-0.39, 0.29) is 11.9 Å². The first-order valence-corrected chi connectivity index (χ1v) is 5.08. The molecule has 1 aromatic rings. The zero-order valence-corrected chi connectivity index (χ0v) is 9.53. The third-order valence-electron chi connectivity index (χ3n) is 2.17. The molecule has 0 amide bonds. The fourth-order valence-electron chi connectivity index (χ4n) is 1.36. The fraction of sp³-hybridized carbons (Fsp3) is 0.333. The molecule has 15 heavy (non-hydrogen) atoms. The van der Waals surface area contributed by atoms with Gasteiger partial charge in [0.15, 0.2) is 0 Å². The van der Waals surface area contributed by atoms with Crippen molar-refractivity contribution in [2.24, 2.45) is 0 Å². The van der Waals surface area contributed by atoms with Crippen LogP contribution in [0.2, 0.25) is 5.02 Å². The third kappa shape index (κ3) is 3.23. The second-order valence-corrected chi connectivity index (χ2v) is 3.55. The molecule has 1 atom stereocenters. The van der Waals surface area contributed by atoms with Crippen LogP contribution in [-0.2, 0) is 0 Å². The van der Waals surface area contributed by atoms with Crippen LogP contribution in [0.25, 0.3) is 0 Å². The Bertz CT molecular complexity index is 392. The van der Waals surface area contributed by atoms with E-state index in [4.69, 9.17) is 11.6 Å². The number of rotatable bonds is 3. The Kier molecular flexibility index (Phi) is 4.61. The second kappa shape index (κ2) is 5.75. The van der Waals surface area contributed by atoms with Crippen molar-refractivity contribution >= 4 is 11.6 Å². The van der Waals surface area contributed by atoms with Crippen LogP contribution in [-0.4, -0.2) is 7.05 Å². The van der Waals surface area contributed by atoms with Crippen LogP contribution in [0, 0.1) is 17.7 Å². The van der Waals surface area contributed by atoms with Crippen LogP contribution in [0.4, 0.5) is 4.39 Å². The Labute approximate surface area is 94.6 Å². The van der Waals surface area contributed by atoms with E-state index in [9.17, 15) is 4.39 Å². The Morgan fingerprint density at radius 3 is 2.80 bits per heavy atom. The summed E-state index contributed by atoms with van der Waals surface area (Å²) in [5.74, 6) is 5.48. The monoisotopic (exact) mass is 225 g/mol. The van der Waals surface area contributed by atoms with E-state index in [0.717, 1.165) is 5.56 Å². The summed E-state index contributed by atoms with van der Waals surface area (Å²) in [5.41, 5.74) is 0.878. The first-order valence-electron chi connectivity index (χ1n) is 4.71. The summed E-state index contributed by atoms with van der Waals surface area (Å²) >= 11 is 5.95. The summed E-state index contributed by atoms with van der Waals surface area (Å²) in [6, 6.07) is 4.47. The molecule has 0 bridgehead atoms. The second-order valence-electron chi connectivity index (χ2n) is 3.14. The van der Waals surface area contributed by atoms with E-state index in [0.29, 0.717) is 11.4 Å². The molecule has 0 fully saturated rings. The number of hydrogen-bond acceptors (Lipinski definition) is 1. The molecule has 0 aromatic heterocycles. The van der Waals surface area contributed by atoms with Gasteiger partial charge < -0.3 is 5.32 Å². The summed E-state index contributed by atoms with van der Waals surface area (Å²) in [5, 5.41) is 3.54. The van der Waals surface area contributed by atoms with Gasteiger partial charge in [0.2, 0.25) is 0 Å². The van der Waals surface area contributed by atoms with Gasteiger partial charge >= 0.3 is 0 Å². The lowest BCUT2D eigenvalue weighted by molar-refractivity contribution is 0.601. The quantitative estimate of drug-likeness (QED) is 0.780. The number of benzene rings is 1. The highest BCUT2D eigenvalue weighted by atomic mass is 35.5. The lowest BCUT2D eigenvalue weighted by Gasteiger charge is -2.15. The largest absolute Gasteiger partial charge is 0.312 e. The van der Waals surface area contributed by atoms with Gasteiger partial charge in [0.25, 0.3) is 0 Å². The molecule has 0 saturated heterocycles. The molecule has 3 heteroatoms. The zero-order valence-electron chi connectivity index (χ0n) is 8.77. The van der Waals surface area contributed by atoms with Crippen LogP contribution in [0.1, 0.15) is 24.9 Å². The predicted octanol–water partition coefficient (Wildman–Crippen LogP) is 3.15. The highest BCUT2D eigenvalue weighted by Gasteiger charge is 2.11. The molecule has 0 aliphatic carbocycles. The van der Waals surface area contributed by atoms with Gasteiger partial charge in [-0.1, -0.05) is 17.7 Å². The standard InChI is InChI=1S/C12H13ClFN/c1-3-4-5-12(15-2)10-7-6-9(14)8-11(10)13/h6-8,12,15H,5H2,1-2H3. The van der Waals surface area contributed by atoms with Crippen LogP contribution in [0.15, 0.2) is 18.2 Å². The Morgan fingerprint density at radius 2 is 2.27 bits per heavy atom. The molecule has 0 saturated carbocycles. The normalized spacial score (nSPS) is 11.7. The topological polar surface area (TPSA) is 12.0 Å². The first kappa shape index (κ1) is 12.0. The molecule has 1 unspecified atom stereocenters. The van der Waals surface area contributed by atoms with Crippen molar-refractivity contribution in [1.82, 2.24) is 5.32 Å². The van der Waals surface area contributed by atoms with Crippen molar-refractivity contribution in [2.75, 3.05) is 7.05 Å². The van der Waals surface area contributed by atoms with Crippen LogP contribution >= 0.6 is 11.6 Å². The summed E-state index contributed by atoms with van der Waals surface area (Å²) in [6.45, 7) is 1.79. The van der Waals surface area contributed by atoms with Gasteiger partial charge in [-0.15, -0.1) is 11.8 Å². The van der Waals surface area contributed by atoms with E-state index >= 15 is 0 Å². The van der Waals surface area contributed by atoms with E-state index in [1.54, 1.807) is 13.0 Å². The molecule has 0 aliphatic heterocycles. The lowest BCUT2D eigenvalue weighted by Crippen LogP contribution is -2.16. The van der Waals surface area contributed by atoms with Crippen LogP contribution in [0.3, 0.4) is 0 Å². The van der Waals surface area contributed by atoms with Crippen molar-refractivity contribution in [1.29, 1.82) is 0 Å². The van der Waals surface area contributed by atoms with Crippen LogP contribution < -0.4 is 5.32 Å². The minimum absolute atomic E-state index is 0.0468. The maximum absolute atomic E-state index is 12.8. The van der Waals surface area contributed by atoms with Gasteiger partial charge in [0.1, 0.15) is 5.82 Å². The molecule has 0 aliphatic rings. The minimum atomic E-state index is -0.319. The maximum Gasteiger partial charge on any atom is 0.124 e. The molecular formula is C12H13ClFN. The molecule has 0 heterocycles. The van der Waals surface area contributed by atoms with Gasteiger partial charge in [-0.25, -0.2) is 4.39 Å². The molecule has 0 radical (unpaired) electrons. The molecular weight excluding hydrogens is 213 g/mol. The van der Waals surface area contributed by atoms with Gasteiger partial charge in [-0.05, 0) is 31.7 Å². The molecule has 1 rings (SSSR count). The Morgan fingerprint density at radius 1 is 1.53 bits per heavy atom. The Hall–Kier alpha value is -1.04. The average molecular weight is 226 g/mol. The average Bonchev–Trinajstić information content (AvgIpc) is 2.21. The zero-order chi connectivity index (χ0) is 11.3. The van der Waals surface area contributed by atoms with Crippen molar-refractivity contribution in [3.05, 3.63) is 34.6 Å². The summed E-state index contributed by atoms with van der Waals surface area (Å²) in [7, 11) is 1.84. The van der Waals surface area contributed by atoms with E-state index in [2.05, 4.69) is 17.2 Å². The first-order chi connectivity index (χ1) is 7.19. The van der Waals surface area contributed by atoms with E-state index in [1.165, 1.54) is 12.1 Å². The van der Waals surface area contributed by atoms with E-state index < -0.39 is 0 Å². The van der Waals surface area contributed by atoms with Gasteiger partial charge in [-0.2, -0.15) is 0 Å². The van der Waals surface area contributed by atoms with Crippen LogP contribution in [0.5, 0.6) is 0 Å². The highest BCUT2D eigenvalue weighted by Crippen LogP contribution is 2.25. The van der Waals surface area contributed by atoms with E-state index in [1.807, 2.05) is 7.05 Å². The van der Waals surface area contributed by atoms with Gasteiger partial charge in [0.05, 0.1) is 0 Å². The number of halogens is 2. The number of nitrogens with one attached hydrogen (secondary N) is 1. The van der Waals surface area contributed by atoms with Crippen molar-refractivity contribution in [3.63, 3.8) is 0 Å². The lowest BCUT2D eigenvalue weighted by atomic mass is 10.0. The minimum Gasteiger partial charge on any atom is -0.312 e. The smallest absolute Gasteiger partial charge is 0.124 e. The highest BCUT2D eigenvalue weighted by molar-refractivity contribution is 6.31. The molecule has 80 valence electrons. The maximum atomic E-state index is 12.8. The SMILES string of the molecule is CC#CCC(NC)c1ccc(F)cc1Cl. The molecule has 1 nitrogen and oxygen atoms in total. The summed E-state index contributed by atoms with van der Waals surface area (Å²) in [6.07, 6.45) is 0.665. The molecule has 0 spiro atoms.